The number of hydrogen-bond donors (Lipinski definition) is 0. The summed E-state index contributed by atoms with van der Waals surface area (Å²) in [6.45, 7) is 1.81. The molecule has 2 aliphatic rings. The molecule has 3 aromatic rings. The second-order valence-electron chi connectivity index (χ2n) is 7.20. The molecule has 2 aliphatic heterocycles. The summed E-state index contributed by atoms with van der Waals surface area (Å²) >= 11 is 3.57. The number of aromatic nitrogens is 1. The number of benzene rings is 2. The third kappa shape index (κ3) is 3.58. The van der Waals surface area contributed by atoms with Gasteiger partial charge in [-0.05, 0) is 48.2 Å². The Kier molecular flexibility index (Phi) is 4.90. The van der Waals surface area contributed by atoms with Crippen molar-refractivity contribution in [3.05, 3.63) is 89.3 Å². The maximum atomic E-state index is 4.90. The average Bonchev–Trinajstić information content (AvgIpc) is 2.95. The topological polar surface area (TPSA) is 31.7 Å². The molecule has 3 heterocycles. The standard InChI is InChI=1S/C24H21BrN4/c25-20-12-14-26-22(16-20)23-17-29(24-27-13-4-5-15-28(23)24)21-10-8-19(9-11-21)18-6-2-1-3-7-18/h1-3,6-12,14,16-17H,4-5,13,15H2. The minimum atomic E-state index is 0.859. The van der Waals surface area contributed by atoms with Crippen LogP contribution in [0.2, 0.25) is 0 Å². The van der Waals surface area contributed by atoms with Crippen molar-refractivity contribution in [3.63, 3.8) is 0 Å². The molecule has 0 bridgehead atoms. The minimum absolute atomic E-state index is 0.859. The normalized spacial score (nSPS) is 16.2. The molecular formula is C24H21BrN4. The summed E-state index contributed by atoms with van der Waals surface area (Å²) in [5, 5.41) is 0. The van der Waals surface area contributed by atoms with Gasteiger partial charge in [0.05, 0.1) is 11.4 Å². The highest BCUT2D eigenvalue weighted by molar-refractivity contribution is 9.10. The van der Waals surface area contributed by atoms with Crippen LogP contribution in [0.1, 0.15) is 18.5 Å². The number of rotatable bonds is 3. The monoisotopic (exact) mass is 444 g/mol. The molecule has 0 fully saturated rings. The lowest BCUT2D eigenvalue weighted by Gasteiger charge is -2.24. The number of hydrogen-bond acceptors (Lipinski definition) is 4. The lowest BCUT2D eigenvalue weighted by Crippen LogP contribution is -2.34. The van der Waals surface area contributed by atoms with Crippen molar-refractivity contribution in [2.24, 2.45) is 4.99 Å². The molecule has 5 heteroatoms. The third-order valence-electron chi connectivity index (χ3n) is 5.28. The van der Waals surface area contributed by atoms with E-state index in [1.165, 1.54) is 11.1 Å². The first-order chi connectivity index (χ1) is 14.3. The van der Waals surface area contributed by atoms with Crippen LogP contribution in [-0.2, 0) is 0 Å². The van der Waals surface area contributed by atoms with E-state index in [0.717, 1.165) is 53.4 Å². The zero-order valence-corrected chi connectivity index (χ0v) is 17.6. The SMILES string of the molecule is Brc1ccnc(C2=CN(c3ccc(-c4ccccc4)cc3)C3=NCCCCN23)c1. The molecule has 144 valence electrons. The largest absolute Gasteiger partial charge is 0.309 e. The molecule has 1 aromatic heterocycles. The summed E-state index contributed by atoms with van der Waals surface area (Å²) in [6.07, 6.45) is 6.24. The average molecular weight is 445 g/mol. The van der Waals surface area contributed by atoms with Crippen molar-refractivity contribution in [2.45, 2.75) is 12.8 Å². The van der Waals surface area contributed by atoms with Crippen LogP contribution in [0.4, 0.5) is 5.69 Å². The second kappa shape index (κ2) is 7.84. The third-order valence-corrected chi connectivity index (χ3v) is 5.77. The van der Waals surface area contributed by atoms with E-state index in [1.54, 1.807) is 0 Å². The summed E-state index contributed by atoms with van der Waals surface area (Å²) in [7, 11) is 0. The van der Waals surface area contributed by atoms with E-state index in [-0.39, 0.29) is 0 Å². The Morgan fingerprint density at radius 3 is 2.45 bits per heavy atom. The predicted molar refractivity (Wildman–Crippen MR) is 123 cm³/mol. The van der Waals surface area contributed by atoms with Crippen LogP contribution >= 0.6 is 15.9 Å². The van der Waals surface area contributed by atoms with Gasteiger partial charge in [0, 0.05) is 35.6 Å². The Hall–Kier alpha value is -2.92. The zero-order valence-electron chi connectivity index (χ0n) is 16.0. The molecule has 0 amide bonds. The van der Waals surface area contributed by atoms with Gasteiger partial charge < -0.3 is 4.90 Å². The lowest BCUT2D eigenvalue weighted by molar-refractivity contribution is 0.564. The number of halogens is 1. The van der Waals surface area contributed by atoms with E-state index in [4.69, 9.17) is 4.99 Å². The highest BCUT2D eigenvalue weighted by Crippen LogP contribution is 2.33. The van der Waals surface area contributed by atoms with E-state index in [9.17, 15) is 0 Å². The van der Waals surface area contributed by atoms with Gasteiger partial charge in [0.15, 0.2) is 0 Å². The lowest BCUT2D eigenvalue weighted by atomic mass is 10.1. The number of nitrogens with zero attached hydrogens (tertiary/aromatic N) is 4. The van der Waals surface area contributed by atoms with E-state index in [2.05, 4.69) is 91.5 Å². The fourth-order valence-corrected chi connectivity index (χ4v) is 4.15. The highest BCUT2D eigenvalue weighted by atomic mass is 79.9. The van der Waals surface area contributed by atoms with Crippen LogP contribution in [0, 0.1) is 0 Å². The molecule has 2 aromatic carbocycles. The van der Waals surface area contributed by atoms with Crippen LogP contribution in [0.25, 0.3) is 16.8 Å². The van der Waals surface area contributed by atoms with Crippen molar-refractivity contribution in [1.29, 1.82) is 0 Å². The van der Waals surface area contributed by atoms with E-state index < -0.39 is 0 Å². The Bertz CT molecular complexity index is 1070. The van der Waals surface area contributed by atoms with Gasteiger partial charge in [0.25, 0.3) is 0 Å². The molecule has 4 nitrogen and oxygen atoms in total. The Morgan fingerprint density at radius 2 is 1.66 bits per heavy atom. The number of aliphatic imine (C=N–C) groups is 1. The van der Waals surface area contributed by atoms with Gasteiger partial charge in [-0.2, -0.15) is 0 Å². The number of guanidine groups is 1. The van der Waals surface area contributed by atoms with Crippen molar-refractivity contribution < 1.29 is 0 Å². The molecule has 0 radical (unpaired) electrons. The molecule has 0 saturated carbocycles. The fourth-order valence-electron chi connectivity index (χ4n) is 3.81. The molecule has 0 spiro atoms. The minimum Gasteiger partial charge on any atom is -0.309 e. The van der Waals surface area contributed by atoms with Crippen molar-refractivity contribution >= 4 is 33.3 Å². The second-order valence-corrected chi connectivity index (χ2v) is 8.11. The summed E-state index contributed by atoms with van der Waals surface area (Å²) in [6, 6.07) is 23.2. The quantitative estimate of drug-likeness (QED) is 0.512. The van der Waals surface area contributed by atoms with Gasteiger partial charge in [-0.3, -0.25) is 14.9 Å². The summed E-state index contributed by atoms with van der Waals surface area (Å²) < 4.78 is 1.03. The maximum absolute atomic E-state index is 4.90. The van der Waals surface area contributed by atoms with Crippen LogP contribution in [0.5, 0.6) is 0 Å². The van der Waals surface area contributed by atoms with Crippen molar-refractivity contribution in [3.8, 4) is 11.1 Å². The highest BCUT2D eigenvalue weighted by Gasteiger charge is 2.31. The molecular weight excluding hydrogens is 424 g/mol. The van der Waals surface area contributed by atoms with Crippen molar-refractivity contribution in [2.75, 3.05) is 18.0 Å². The fraction of sp³-hybridized carbons (Fsp3) is 0.167. The Balaban J connectivity index is 1.53. The van der Waals surface area contributed by atoms with Gasteiger partial charge >= 0.3 is 0 Å². The van der Waals surface area contributed by atoms with Crippen LogP contribution < -0.4 is 4.90 Å². The molecule has 0 atom stereocenters. The first-order valence-corrected chi connectivity index (χ1v) is 10.7. The molecule has 0 saturated heterocycles. The van der Waals surface area contributed by atoms with E-state index >= 15 is 0 Å². The molecule has 29 heavy (non-hydrogen) atoms. The van der Waals surface area contributed by atoms with Crippen molar-refractivity contribution in [1.82, 2.24) is 9.88 Å². The number of anilines is 1. The zero-order chi connectivity index (χ0) is 19.6. The van der Waals surface area contributed by atoms with Gasteiger partial charge in [-0.25, -0.2) is 0 Å². The molecule has 5 rings (SSSR count). The Morgan fingerprint density at radius 1 is 0.862 bits per heavy atom. The molecule has 0 aliphatic carbocycles. The van der Waals surface area contributed by atoms with E-state index in [0.29, 0.717) is 0 Å². The summed E-state index contributed by atoms with van der Waals surface area (Å²) in [5.41, 5.74) is 5.60. The van der Waals surface area contributed by atoms with Gasteiger partial charge in [0.1, 0.15) is 0 Å². The Labute approximate surface area is 179 Å². The summed E-state index contributed by atoms with van der Waals surface area (Å²) in [4.78, 5) is 14.0. The van der Waals surface area contributed by atoms with Crippen LogP contribution in [0.3, 0.4) is 0 Å². The molecule has 0 N–H and O–H groups in total. The van der Waals surface area contributed by atoms with Crippen LogP contribution in [-0.4, -0.2) is 28.9 Å². The summed E-state index contributed by atoms with van der Waals surface area (Å²) in [5.74, 6) is 0.992. The van der Waals surface area contributed by atoms with Gasteiger partial charge in [-0.1, -0.05) is 58.4 Å². The predicted octanol–water partition coefficient (Wildman–Crippen LogP) is 5.78. The van der Waals surface area contributed by atoms with Gasteiger partial charge in [0.2, 0.25) is 5.96 Å². The van der Waals surface area contributed by atoms with Crippen LogP contribution in [0.15, 0.2) is 88.6 Å². The smallest absolute Gasteiger partial charge is 0.210 e. The number of pyridine rings is 1. The molecule has 0 unspecified atom stereocenters. The maximum Gasteiger partial charge on any atom is 0.210 e. The van der Waals surface area contributed by atoms with Gasteiger partial charge in [-0.15, -0.1) is 0 Å². The first kappa shape index (κ1) is 18.1. The van der Waals surface area contributed by atoms with E-state index in [1.807, 2.05) is 18.3 Å². The number of fused-ring (bicyclic) bond motifs is 1. The first-order valence-electron chi connectivity index (χ1n) is 9.90.